The molecule has 2 rings (SSSR count). The molecule has 2 aromatic rings. The van der Waals surface area contributed by atoms with Gasteiger partial charge in [0.1, 0.15) is 5.69 Å². The van der Waals surface area contributed by atoms with Crippen molar-refractivity contribution in [2.75, 3.05) is 0 Å². The monoisotopic (exact) mass is 294 g/mol. The molecule has 1 aromatic heterocycles. The summed E-state index contributed by atoms with van der Waals surface area (Å²) in [7, 11) is 1.75. The maximum absolute atomic E-state index is 10.8. The van der Waals surface area contributed by atoms with E-state index in [1.807, 2.05) is 30.3 Å². The van der Waals surface area contributed by atoms with E-state index in [0.717, 1.165) is 15.7 Å². The average molecular weight is 295 g/mol. The highest BCUT2D eigenvalue weighted by molar-refractivity contribution is 9.10. The fourth-order valence-electron chi connectivity index (χ4n) is 1.65. The minimum atomic E-state index is -0.867. The molecule has 0 radical (unpaired) electrons. The third kappa shape index (κ3) is 2.39. The van der Waals surface area contributed by atoms with Crippen molar-refractivity contribution in [3.05, 3.63) is 40.5 Å². The van der Waals surface area contributed by atoms with Gasteiger partial charge in [0.2, 0.25) is 0 Å². The Kier molecular flexibility index (Phi) is 3.28. The second kappa shape index (κ2) is 4.71. The van der Waals surface area contributed by atoms with Crippen LogP contribution >= 0.6 is 15.9 Å². The van der Waals surface area contributed by atoms with E-state index in [1.54, 1.807) is 11.7 Å². The van der Waals surface area contributed by atoms with Crippen molar-refractivity contribution in [3.63, 3.8) is 0 Å². The van der Waals surface area contributed by atoms with Gasteiger partial charge in [-0.3, -0.25) is 9.48 Å². The molecule has 0 aliphatic heterocycles. The van der Waals surface area contributed by atoms with Crippen LogP contribution in [-0.2, 0) is 18.3 Å². The van der Waals surface area contributed by atoms with E-state index in [1.165, 1.54) is 0 Å². The molecule has 0 bridgehead atoms. The summed E-state index contributed by atoms with van der Waals surface area (Å²) in [6.45, 7) is 0. The van der Waals surface area contributed by atoms with Crippen molar-refractivity contribution < 1.29 is 9.90 Å². The van der Waals surface area contributed by atoms with Crippen molar-refractivity contribution in [1.82, 2.24) is 9.78 Å². The fourth-order valence-corrected chi connectivity index (χ4v) is 2.35. The van der Waals surface area contributed by atoms with Gasteiger partial charge in [-0.05, 0) is 15.9 Å². The van der Waals surface area contributed by atoms with E-state index in [9.17, 15) is 4.79 Å². The van der Waals surface area contributed by atoms with E-state index in [2.05, 4.69) is 21.0 Å². The van der Waals surface area contributed by atoms with E-state index in [-0.39, 0.29) is 6.42 Å². The summed E-state index contributed by atoms with van der Waals surface area (Å²) in [6, 6.07) is 9.66. The topological polar surface area (TPSA) is 55.1 Å². The van der Waals surface area contributed by atoms with Crippen molar-refractivity contribution in [1.29, 1.82) is 0 Å². The van der Waals surface area contributed by atoms with Crippen LogP contribution in [0.3, 0.4) is 0 Å². The number of rotatable bonds is 3. The maximum atomic E-state index is 10.8. The first kappa shape index (κ1) is 11.9. The van der Waals surface area contributed by atoms with Crippen molar-refractivity contribution >= 4 is 21.9 Å². The van der Waals surface area contributed by atoms with Crippen LogP contribution in [-0.4, -0.2) is 20.9 Å². The first-order valence-electron chi connectivity index (χ1n) is 5.08. The van der Waals surface area contributed by atoms with Gasteiger partial charge in [0.15, 0.2) is 0 Å². The first-order valence-corrected chi connectivity index (χ1v) is 5.87. The van der Waals surface area contributed by atoms with Gasteiger partial charge in [0.05, 0.1) is 16.6 Å². The summed E-state index contributed by atoms with van der Waals surface area (Å²) in [5, 5.41) is 13.2. The Hall–Kier alpha value is -1.62. The summed E-state index contributed by atoms with van der Waals surface area (Å²) in [5.41, 5.74) is 2.40. The lowest BCUT2D eigenvalue weighted by Gasteiger charge is -1.98. The molecule has 0 amide bonds. The number of carboxylic acid groups (broad SMARTS) is 1. The second-order valence-corrected chi connectivity index (χ2v) is 4.46. The van der Waals surface area contributed by atoms with Gasteiger partial charge in [-0.25, -0.2) is 0 Å². The molecule has 0 aliphatic rings. The SMILES string of the molecule is Cn1nc(-c2ccccc2)c(Br)c1CC(=O)O. The number of hydrogen-bond acceptors (Lipinski definition) is 2. The van der Waals surface area contributed by atoms with Gasteiger partial charge in [-0.1, -0.05) is 30.3 Å². The predicted octanol–water partition coefficient (Wildman–Crippen LogP) is 2.48. The molecular weight excluding hydrogens is 284 g/mol. The van der Waals surface area contributed by atoms with Crippen molar-refractivity contribution in [2.45, 2.75) is 6.42 Å². The van der Waals surface area contributed by atoms with E-state index in [4.69, 9.17) is 5.11 Å². The molecule has 17 heavy (non-hydrogen) atoms. The number of carboxylic acids is 1. The van der Waals surface area contributed by atoms with Crippen molar-refractivity contribution in [2.24, 2.45) is 7.05 Å². The lowest BCUT2D eigenvalue weighted by molar-refractivity contribution is -0.136. The summed E-state index contributed by atoms with van der Waals surface area (Å²) in [6.07, 6.45) is -0.0447. The summed E-state index contributed by atoms with van der Waals surface area (Å²) < 4.78 is 2.34. The lowest BCUT2D eigenvalue weighted by atomic mass is 10.1. The molecule has 0 aliphatic carbocycles. The average Bonchev–Trinajstić information content (AvgIpc) is 2.58. The Balaban J connectivity index is 2.48. The highest BCUT2D eigenvalue weighted by atomic mass is 79.9. The minimum absolute atomic E-state index is 0.0447. The molecule has 0 unspecified atom stereocenters. The number of aryl methyl sites for hydroxylation is 1. The Morgan fingerprint density at radius 2 is 2.06 bits per heavy atom. The van der Waals surface area contributed by atoms with Crippen LogP contribution in [0, 0.1) is 0 Å². The van der Waals surface area contributed by atoms with Gasteiger partial charge in [-0.15, -0.1) is 0 Å². The Morgan fingerprint density at radius 1 is 1.41 bits per heavy atom. The molecule has 1 N–H and O–H groups in total. The van der Waals surface area contributed by atoms with Gasteiger partial charge < -0.3 is 5.11 Å². The number of hydrogen-bond donors (Lipinski definition) is 1. The van der Waals surface area contributed by atoms with Crippen LogP contribution in [0.25, 0.3) is 11.3 Å². The van der Waals surface area contributed by atoms with Crippen molar-refractivity contribution in [3.8, 4) is 11.3 Å². The van der Waals surface area contributed by atoms with Crippen LogP contribution in [0.15, 0.2) is 34.8 Å². The molecule has 1 heterocycles. The van der Waals surface area contributed by atoms with E-state index < -0.39 is 5.97 Å². The molecule has 0 atom stereocenters. The zero-order valence-corrected chi connectivity index (χ0v) is 10.8. The number of carbonyl (C=O) groups is 1. The first-order chi connectivity index (χ1) is 8.09. The molecule has 5 heteroatoms. The van der Waals surface area contributed by atoms with Gasteiger partial charge in [0, 0.05) is 12.6 Å². The van der Waals surface area contributed by atoms with E-state index in [0.29, 0.717) is 5.69 Å². The van der Waals surface area contributed by atoms with Crippen LogP contribution in [0.1, 0.15) is 5.69 Å². The predicted molar refractivity (Wildman–Crippen MR) is 67.7 cm³/mol. The third-order valence-electron chi connectivity index (χ3n) is 2.47. The van der Waals surface area contributed by atoms with Gasteiger partial charge in [-0.2, -0.15) is 5.10 Å². The Morgan fingerprint density at radius 3 is 2.65 bits per heavy atom. The van der Waals surface area contributed by atoms with Crippen LogP contribution in [0.4, 0.5) is 0 Å². The number of benzene rings is 1. The smallest absolute Gasteiger partial charge is 0.309 e. The summed E-state index contributed by atoms with van der Waals surface area (Å²) >= 11 is 3.42. The molecule has 0 fully saturated rings. The normalized spacial score (nSPS) is 10.5. The van der Waals surface area contributed by atoms with Gasteiger partial charge in [0.25, 0.3) is 0 Å². The number of halogens is 1. The summed E-state index contributed by atoms with van der Waals surface area (Å²) in [5.74, 6) is -0.867. The highest BCUT2D eigenvalue weighted by Gasteiger charge is 2.17. The molecule has 0 saturated heterocycles. The minimum Gasteiger partial charge on any atom is -0.481 e. The maximum Gasteiger partial charge on any atom is 0.309 e. The molecule has 1 aromatic carbocycles. The number of nitrogens with zero attached hydrogens (tertiary/aromatic N) is 2. The van der Waals surface area contributed by atoms with Crippen LogP contribution in [0.5, 0.6) is 0 Å². The molecule has 0 spiro atoms. The third-order valence-corrected chi connectivity index (χ3v) is 3.30. The number of aromatic nitrogens is 2. The molecule has 4 nitrogen and oxygen atoms in total. The fraction of sp³-hybridized carbons (Fsp3) is 0.167. The molecule has 88 valence electrons. The Bertz CT molecular complexity index is 549. The standard InChI is InChI=1S/C12H11BrN2O2/c1-15-9(7-10(16)17)11(13)12(14-15)8-5-3-2-4-6-8/h2-6H,7H2,1H3,(H,16,17). The lowest BCUT2D eigenvalue weighted by Crippen LogP contribution is -2.06. The Labute approximate surface area is 107 Å². The number of aliphatic carboxylic acids is 1. The van der Waals surface area contributed by atoms with Crippen LogP contribution < -0.4 is 0 Å². The highest BCUT2D eigenvalue weighted by Crippen LogP contribution is 2.30. The van der Waals surface area contributed by atoms with Gasteiger partial charge >= 0.3 is 5.97 Å². The zero-order chi connectivity index (χ0) is 12.4. The summed E-state index contributed by atoms with van der Waals surface area (Å²) in [4.78, 5) is 10.8. The van der Waals surface area contributed by atoms with Crippen LogP contribution in [0.2, 0.25) is 0 Å². The molecule has 0 saturated carbocycles. The second-order valence-electron chi connectivity index (χ2n) is 3.67. The quantitative estimate of drug-likeness (QED) is 0.946. The molecular formula is C12H11BrN2O2. The largest absolute Gasteiger partial charge is 0.481 e. The zero-order valence-electron chi connectivity index (χ0n) is 9.22. The van der Waals surface area contributed by atoms with E-state index >= 15 is 0 Å².